The lowest BCUT2D eigenvalue weighted by molar-refractivity contribution is -0.121. The molecule has 1 atom stereocenters. The van der Waals surface area contributed by atoms with Gasteiger partial charge in [0.1, 0.15) is 11.5 Å². The van der Waals surface area contributed by atoms with Crippen LogP contribution < -0.4 is 14.8 Å². The molecule has 0 fully saturated rings. The fourth-order valence-corrected chi connectivity index (χ4v) is 4.08. The molecule has 0 aliphatic carbocycles. The molecule has 0 saturated carbocycles. The third-order valence-corrected chi connectivity index (χ3v) is 5.78. The van der Waals surface area contributed by atoms with Gasteiger partial charge in [-0.25, -0.2) is 4.98 Å². The van der Waals surface area contributed by atoms with Gasteiger partial charge < -0.3 is 14.8 Å². The second-order valence-electron chi connectivity index (χ2n) is 7.58. The number of ether oxygens (including phenoxy) is 2. The van der Waals surface area contributed by atoms with Crippen LogP contribution in [0.3, 0.4) is 0 Å². The van der Waals surface area contributed by atoms with Crippen LogP contribution in [-0.2, 0) is 4.79 Å². The molecule has 2 aromatic carbocycles. The van der Waals surface area contributed by atoms with E-state index in [2.05, 4.69) is 25.7 Å². The van der Waals surface area contributed by atoms with Crippen LogP contribution in [-0.4, -0.2) is 45.3 Å². The summed E-state index contributed by atoms with van der Waals surface area (Å²) in [6.07, 6.45) is 0. The lowest BCUT2D eigenvalue weighted by atomic mass is 10.0. The number of tetrazole rings is 1. The molecule has 0 radical (unpaired) electrons. The first kappa shape index (κ1) is 22.4. The largest absolute Gasteiger partial charge is 0.497 e. The number of anilines is 1. The highest BCUT2D eigenvalue weighted by molar-refractivity contribution is 7.14. The number of nitrogens with one attached hydrogen (secondary N) is 1. The van der Waals surface area contributed by atoms with E-state index < -0.39 is 6.04 Å². The Morgan fingerprint density at radius 2 is 1.88 bits per heavy atom. The van der Waals surface area contributed by atoms with Gasteiger partial charge >= 0.3 is 0 Å². The van der Waals surface area contributed by atoms with Crippen molar-refractivity contribution in [3.05, 3.63) is 53.9 Å². The summed E-state index contributed by atoms with van der Waals surface area (Å²) in [6, 6.07) is 14.4. The van der Waals surface area contributed by atoms with E-state index in [1.165, 1.54) is 16.1 Å². The summed E-state index contributed by atoms with van der Waals surface area (Å²) >= 11 is 1.33. The fourth-order valence-electron chi connectivity index (χ4n) is 3.37. The standard InChI is InChI=1S/C23H24N6O3S/c1-14(2)20(29-27-21(26-28-29)15-8-6-5-7-9-15)22(30)25-23-24-18(13-33-23)17-12-16(31-3)10-11-19(17)32-4/h5-14,20H,1-4H3,(H,24,25,30). The fraction of sp³-hybridized carbons (Fsp3) is 0.261. The lowest BCUT2D eigenvalue weighted by Crippen LogP contribution is -2.31. The number of methoxy groups -OCH3 is 2. The van der Waals surface area contributed by atoms with Crippen molar-refractivity contribution in [1.29, 1.82) is 0 Å². The van der Waals surface area contributed by atoms with Crippen molar-refractivity contribution in [3.63, 3.8) is 0 Å². The predicted molar refractivity (Wildman–Crippen MR) is 126 cm³/mol. The molecule has 1 amide bonds. The van der Waals surface area contributed by atoms with E-state index in [9.17, 15) is 4.79 Å². The maximum atomic E-state index is 13.2. The first-order chi connectivity index (χ1) is 16.0. The quantitative estimate of drug-likeness (QED) is 0.414. The van der Waals surface area contributed by atoms with Crippen molar-refractivity contribution in [2.75, 3.05) is 19.5 Å². The Hall–Kier alpha value is -3.79. The molecule has 33 heavy (non-hydrogen) atoms. The Labute approximate surface area is 195 Å². The van der Waals surface area contributed by atoms with Gasteiger partial charge in [-0.2, -0.15) is 4.80 Å². The summed E-state index contributed by atoms with van der Waals surface area (Å²) < 4.78 is 10.8. The molecule has 2 aromatic heterocycles. The maximum absolute atomic E-state index is 13.2. The van der Waals surface area contributed by atoms with Crippen LogP contribution >= 0.6 is 11.3 Å². The monoisotopic (exact) mass is 464 g/mol. The number of hydrogen-bond acceptors (Lipinski definition) is 8. The third kappa shape index (κ3) is 4.85. The van der Waals surface area contributed by atoms with Gasteiger partial charge in [0.15, 0.2) is 11.2 Å². The van der Waals surface area contributed by atoms with Gasteiger partial charge in [0, 0.05) is 16.5 Å². The normalized spacial score (nSPS) is 11.9. The van der Waals surface area contributed by atoms with Crippen molar-refractivity contribution < 1.29 is 14.3 Å². The molecule has 0 aliphatic rings. The molecule has 170 valence electrons. The van der Waals surface area contributed by atoms with E-state index >= 15 is 0 Å². The summed E-state index contributed by atoms with van der Waals surface area (Å²) in [5, 5.41) is 17.9. The summed E-state index contributed by atoms with van der Waals surface area (Å²) in [7, 11) is 3.20. The van der Waals surface area contributed by atoms with Gasteiger partial charge in [0.05, 0.1) is 19.9 Å². The number of carbonyl (C=O) groups is 1. The molecular formula is C23H24N6O3S. The molecule has 4 aromatic rings. The van der Waals surface area contributed by atoms with Crippen molar-refractivity contribution in [1.82, 2.24) is 25.2 Å². The van der Waals surface area contributed by atoms with E-state index in [0.29, 0.717) is 28.1 Å². The van der Waals surface area contributed by atoms with E-state index in [-0.39, 0.29) is 11.8 Å². The highest BCUT2D eigenvalue weighted by Gasteiger charge is 2.28. The highest BCUT2D eigenvalue weighted by Crippen LogP contribution is 2.35. The summed E-state index contributed by atoms with van der Waals surface area (Å²) in [6.45, 7) is 3.87. The number of amides is 1. The van der Waals surface area contributed by atoms with Gasteiger partial charge in [-0.05, 0) is 29.3 Å². The average Bonchev–Trinajstić information content (AvgIpc) is 3.49. The van der Waals surface area contributed by atoms with E-state index in [1.807, 2.05) is 67.8 Å². The van der Waals surface area contributed by atoms with Crippen LogP contribution in [0.15, 0.2) is 53.9 Å². The minimum Gasteiger partial charge on any atom is -0.497 e. The van der Waals surface area contributed by atoms with Crippen molar-refractivity contribution in [2.24, 2.45) is 5.92 Å². The highest BCUT2D eigenvalue weighted by atomic mass is 32.1. The number of aromatic nitrogens is 5. The van der Waals surface area contributed by atoms with Crippen LogP contribution in [0.4, 0.5) is 5.13 Å². The summed E-state index contributed by atoms with van der Waals surface area (Å²) in [5.74, 6) is 1.49. The first-order valence-electron chi connectivity index (χ1n) is 10.3. The Morgan fingerprint density at radius 1 is 1.09 bits per heavy atom. The molecule has 10 heteroatoms. The zero-order valence-corrected chi connectivity index (χ0v) is 19.5. The molecule has 2 heterocycles. The Kier molecular flexibility index (Phi) is 6.64. The zero-order valence-electron chi connectivity index (χ0n) is 18.7. The minimum absolute atomic E-state index is 0.0688. The summed E-state index contributed by atoms with van der Waals surface area (Å²) in [5.41, 5.74) is 2.29. The van der Waals surface area contributed by atoms with Crippen LogP contribution in [0.5, 0.6) is 11.5 Å². The predicted octanol–water partition coefficient (Wildman–Crippen LogP) is 4.32. The second kappa shape index (κ2) is 9.78. The molecule has 0 aliphatic heterocycles. The first-order valence-corrected chi connectivity index (χ1v) is 11.2. The average molecular weight is 465 g/mol. The van der Waals surface area contributed by atoms with Crippen LogP contribution in [0.2, 0.25) is 0 Å². The SMILES string of the molecule is COc1ccc(OC)c(-c2csc(NC(=O)C(C(C)C)n3nnc(-c4ccccc4)n3)n2)c1. The van der Waals surface area contributed by atoms with Gasteiger partial charge in [-0.15, -0.1) is 21.5 Å². The zero-order chi connectivity index (χ0) is 23.4. The number of benzene rings is 2. The van der Waals surface area contributed by atoms with Crippen LogP contribution in [0.25, 0.3) is 22.6 Å². The smallest absolute Gasteiger partial charge is 0.253 e. The number of rotatable bonds is 8. The maximum Gasteiger partial charge on any atom is 0.253 e. The van der Waals surface area contributed by atoms with Crippen molar-refractivity contribution in [2.45, 2.75) is 19.9 Å². The van der Waals surface area contributed by atoms with Crippen molar-refractivity contribution in [3.8, 4) is 34.1 Å². The van der Waals surface area contributed by atoms with Gasteiger partial charge in [-0.3, -0.25) is 4.79 Å². The molecule has 1 unspecified atom stereocenters. The molecule has 4 rings (SSSR count). The van der Waals surface area contributed by atoms with Gasteiger partial charge in [0.25, 0.3) is 5.91 Å². The number of carbonyl (C=O) groups excluding carboxylic acids is 1. The van der Waals surface area contributed by atoms with Gasteiger partial charge in [-0.1, -0.05) is 44.2 Å². The Bertz CT molecular complexity index is 1240. The van der Waals surface area contributed by atoms with Crippen LogP contribution in [0, 0.1) is 5.92 Å². The Balaban J connectivity index is 1.55. The van der Waals surface area contributed by atoms with Gasteiger partial charge in [0.2, 0.25) is 5.82 Å². The second-order valence-corrected chi connectivity index (χ2v) is 8.44. The third-order valence-electron chi connectivity index (χ3n) is 5.03. The Morgan fingerprint density at radius 3 is 2.58 bits per heavy atom. The van der Waals surface area contributed by atoms with E-state index in [1.54, 1.807) is 14.2 Å². The molecule has 1 N–H and O–H groups in total. The number of hydrogen-bond donors (Lipinski definition) is 1. The van der Waals surface area contributed by atoms with Crippen LogP contribution in [0.1, 0.15) is 19.9 Å². The molecule has 0 bridgehead atoms. The number of thiazole rings is 1. The van der Waals surface area contributed by atoms with E-state index in [0.717, 1.165) is 11.1 Å². The van der Waals surface area contributed by atoms with Crippen molar-refractivity contribution >= 4 is 22.4 Å². The lowest BCUT2D eigenvalue weighted by Gasteiger charge is -2.17. The number of nitrogens with zero attached hydrogens (tertiary/aromatic N) is 5. The molecular weight excluding hydrogens is 440 g/mol. The molecule has 0 spiro atoms. The molecule has 0 saturated heterocycles. The van der Waals surface area contributed by atoms with E-state index in [4.69, 9.17) is 9.47 Å². The topological polar surface area (TPSA) is 104 Å². The minimum atomic E-state index is -0.645. The summed E-state index contributed by atoms with van der Waals surface area (Å²) in [4.78, 5) is 19.1. The molecule has 9 nitrogen and oxygen atoms in total.